The van der Waals surface area contributed by atoms with Crippen LogP contribution < -0.4 is 0 Å². The van der Waals surface area contributed by atoms with Gasteiger partial charge in [0.1, 0.15) is 6.04 Å². The normalized spacial score (nSPS) is 25.3. The first-order valence-corrected chi connectivity index (χ1v) is 10.3. The first-order chi connectivity index (χ1) is 12.6. The van der Waals surface area contributed by atoms with Crippen molar-refractivity contribution in [3.8, 4) is 0 Å². The number of carbonyl (C=O) groups is 2. The molecule has 2 atom stereocenters. The predicted octanol–water partition coefficient (Wildman–Crippen LogP) is 3.43. The number of hydrogen-bond donors (Lipinski definition) is 0. The molecule has 2 heterocycles. The summed E-state index contributed by atoms with van der Waals surface area (Å²) in [6.45, 7) is 4.69. The first kappa shape index (κ1) is 17.6. The summed E-state index contributed by atoms with van der Waals surface area (Å²) in [5.74, 6) is 1.46. The lowest BCUT2D eigenvalue weighted by Crippen LogP contribution is -2.51. The van der Waals surface area contributed by atoms with Gasteiger partial charge in [-0.1, -0.05) is 37.3 Å². The summed E-state index contributed by atoms with van der Waals surface area (Å²) >= 11 is 0. The van der Waals surface area contributed by atoms with Gasteiger partial charge in [0.25, 0.3) is 0 Å². The second-order valence-electron chi connectivity index (χ2n) is 8.42. The largest absolute Gasteiger partial charge is 0.341 e. The van der Waals surface area contributed by atoms with Gasteiger partial charge >= 0.3 is 0 Å². The third-order valence-corrected chi connectivity index (χ3v) is 6.43. The highest BCUT2D eigenvalue weighted by molar-refractivity contribution is 5.91. The molecule has 3 fully saturated rings. The Bertz CT molecular complexity index is 647. The van der Waals surface area contributed by atoms with Crippen molar-refractivity contribution in [1.29, 1.82) is 0 Å². The molecule has 2 unspecified atom stereocenters. The molecule has 4 nitrogen and oxygen atoms in total. The van der Waals surface area contributed by atoms with Crippen LogP contribution in [0, 0.1) is 11.8 Å². The van der Waals surface area contributed by atoms with Crippen molar-refractivity contribution in [3.05, 3.63) is 35.9 Å². The highest BCUT2D eigenvalue weighted by atomic mass is 16.2. The Kier molecular flexibility index (Phi) is 5.01. The van der Waals surface area contributed by atoms with Crippen molar-refractivity contribution in [2.24, 2.45) is 11.8 Å². The molecular formula is C22H30N2O2. The van der Waals surface area contributed by atoms with Gasteiger partial charge in [0, 0.05) is 19.6 Å². The SMILES string of the molecule is CC1CCN(C(=O)C2CCCN2C(=O)C(c2ccccc2)C2CC2)CC1. The van der Waals surface area contributed by atoms with E-state index >= 15 is 0 Å². The van der Waals surface area contributed by atoms with Crippen LogP contribution in [0.5, 0.6) is 0 Å². The summed E-state index contributed by atoms with van der Waals surface area (Å²) in [6, 6.07) is 9.93. The average molecular weight is 354 g/mol. The molecule has 2 saturated heterocycles. The zero-order valence-corrected chi connectivity index (χ0v) is 15.8. The second kappa shape index (κ2) is 7.42. The molecule has 1 aromatic rings. The molecule has 2 aliphatic heterocycles. The fourth-order valence-corrected chi connectivity index (χ4v) is 4.61. The fourth-order valence-electron chi connectivity index (χ4n) is 4.61. The van der Waals surface area contributed by atoms with E-state index in [1.54, 1.807) is 0 Å². The van der Waals surface area contributed by atoms with Crippen molar-refractivity contribution in [2.45, 2.75) is 57.4 Å². The Morgan fingerprint density at radius 2 is 1.65 bits per heavy atom. The van der Waals surface area contributed by atoms with E-state index in [1.807, 2.05) is 28.0 Å². The number of piperidine rings is 1. The third-order valence-electron chi connectivity index (χ3n) is 6.43. The Morgan fingerprint density at radius 3 is 2.31 bits per heavy atom. The number of hydrogen-bond acceptors (Lipinski definition) is 2. The minimum Gasteiger partial charge on any atom is -0.341 e. The molecule has 140 valence electrons. The van der Waals surface area contributed by atoms with E-state index < -0.39 is 0 Å². The topological polar surface area (TPSA) is 40.6 Å². The zero-order valence-electron chi connectivity index (χ0n) is 15.8. The van der Waals surface area contributed by atoms with Crippen molar-refractivity contribution < 1.29 is 9.59 Å². The van der Waals surface area contributed by atoms with Crippen molar-refractivity contribution in [2.75, 3.05) is 19.6 Å². The maximum Gasteiger partial charge on any atom is 0.245 e. The van der Waals surface area contributed by atoms with Crippen LogP contribution in [0.3, 0.4) is 0 Å². The summed E-state index contributed by atoms with van der Waals surface area (Å²) in [7, 11) is 0. The molecule has 0 bridgehead atoms. The van der Waals surface area contributed by atoms with Crippen LogP contribution in [0.4, 0.5) is 0 Å². The summed E-state index contributed by atoms with van der Waals surface area (Å²) in [5.41, 5.74) is 1.12. The lowest BCUT2D eigenvalue weighted by atomic mass is 9.92. The van der Waals surface area contributed by atoms with E-state index in [0.29, 0.717) is 11.8 Å². The number of carbonyl (C=O) groups excluding carboxylic acids is 2. The van der Waals surface area contributed by atoms with E-state index in [1.165, 1.54) is 0 Å². The van der Waals surface area contributed by atoms with Crippen molar-refractivity contribution >= 4 is 11.8 Å². The van der Waals surface area contributed by atoms with Crippen LogP contribution in [0.15, 0.2) is 30.3 Å². The molecule has 0 spiro atoms. The molecule has 1 saturated carbocycles. The highest BCUT2D eigenvalue weighted by Crippen LogP contribution is 2.44. The van der Waals surface area contributed by atoms with Crippen LogP contribution in [0.25, 0.3) is 0 Å². The van der Waals surface area contributed by atoms with Gasteiger partial charge in [-0.15, -0.1) is 0 Å². The van der Waals surface area contributed by atoms with E-state index in [-0.39, 0.29) is 23.8 Å². The van der Waals surface area contributed by atoms with Gasteiger partial charge in [-0.2, -0.15) is 0 Å². The van der Waals surface area contributed by atoms with Gasteiger partial charge in [-0.25, -0.2) is 0 Å². The molecular weight excluding hydrogens is 324 g/mol. The highest BCUT2D eigenvalue weighted by Gasteiger charge is 2.44. The van der Waals surface area contributed by atoms with Gasteiger partial charge in [0.15, 0.2) is 0 Å². The number of amides is 2. The van der Waals surface area contributed by atoms with Gasteiger partial charge in [0.05, 0.1) is 5.92 Å². The van der Waals surface area contributed by atoms with Gasteiger partial charge < -0.3 is 9.80 Å². The van der Waals surface area contributed by atoms with E-state index in [9.17, 15) is 9.59 Å². The Balaban J connectivity index is 1.50. The maximum absolute atomic E-state index is 13.4. The zero-order chi connectivity index (χ0) is 18.1. The molecule has 26 heavy (non-hydrogen) atoms. The van der Waals surface area contributed by atoms with Crippen LogP contribution in [-0.4, -0.2) is 47.3 Å². The summed E-state index contributed by atoms with van der Waals surface area (Å²) in [6.07, 6.45) is 6.19. The maximum atomic E-state index is 13.4. The van der Waals surface area contributed by atoms with Crippen molar-refractivity contribution in [1.82, 2.24) is 9.80 Å². The summed E-state index contributed by atoms with van der Waals surface area (Å²) in [4.78, 5) is 30.4. The van der Waals surface area contributed by atoms with Crippen LogP contribution in [-0.2, 0) is 9.59 Å². The van der Waals surface area contributed by atoms with Crippen LogP contribution in [0.1, 0.15) is 56.9 Å². The molecule has 0 radical (unpaired) electrons. The summed E-state index contributed by atoms with van der Waals surface area (Å²) < 4.78 is 0. The molecule has 0 aromatic heterocycles. The first-order valence-electron chi connectivity index (χ1n) is 10.3. The number of benzene rings is 1. The quantitative estimate of drug-likeness (QED) is 0.831. The summed E-state index contributed by atoms with van der Waals surface area (Å²) in [5, 5.41) is 0. The van der Waals surface area contributed by atoms with Crippen LogP contribution >= 0.6 is 0 Å². The molecule has 2 amide bonds. The number of nitrogens with zero attached hydrogens (tertiary/aromatic N) is 2. The van der Waals surface area contributed by atoms with Crippen molar-refractivity contribution in [3.63, 3.8) is 0 Å². The van der Waals surface area contributed by atoms with Gasteiger partial charge in [-0.05, 0) is 55.9 Å². The lowest BCUT2D eigenvalue weighted by Gasteiger charge is -2.35. The lowest BCUT2D eigenvalue weighted by molar-refractivity contribution is -0.145. The second-order valence-corrected chi connectivity index (χ2v) is 8.42. The van der Waals surface area contributed by atoms with Crippen LogP contribution in [0.2, 0.25) is 0 Å². The number of rotatable bonds is 4. The van der Waals surface area contributed by atoms with Gasteiger partial charge in [0.2, 0.25) is 11.8 Å². The molecule has 0 N–H and O–H groups in total. The fraction of sp³-hybridized carbons (Fsp3) is 0.636. The molecule has 1 aliphatic carbocycles. The third kappa shape index (κ3) is 3.51. The standard InChI is InChI=1S/C22H30N2O2/c1-16-11-14-23(15-12-16)21(25)19-8-5-13-24(19)22(26)20(18-9-10-18)17-6-3-2-4-7-17/h2-4,6-7,16,18-20H,5,8-15H2,1H3. The smallest absolute Gasteiger partial charge is 0.245 e. The Morgan fingerprint density at radius 1 is 0.962 bits per heavy atom. The minimum absolute atomic E-state index is 0.0639. The van der Waals surface area contributed by atoms with E-state index in [4.69, 9.17) is 0 Å². The minimum atomic E-state index is -0.235. The predicted molar refractivity (Wildman–Crippen MR) is 102 cm³/mol. The number of likely N-dealkylation sites (tertiary alicyclic amines) is 2. The van der Waals surface area contributed by atoms with E-state index in [2.05, 4.69) is 19.1 Å². The Hall–Kier alpha value is -1.84. The molecule has 4 heteroatoms. The Labute approximate surface area is 156 Å². The van der Waals surface area contributed by atoms with E-state index in [0.717, 1.165) is 63.7 Å². The van der Waals surface area contributed by atoms with Gasteiger partial charge in [-0.3, -0.25) is 9.59 Å². The average Bonchev–Trinajstić information content (AvgIpc) is 3.37. The molecule has 1 aromatic carbocycles. The molecule has 3 aliphatic rings. The molecule has 4 rings (SSSR count). The monoisotopic (exact) mass is 354 g/mol.